The predicted octanol–water partition coefficient (Wildman–Crippen LogP) is 3.31. The van der Waals surface area contributed by atoms with Gasteiger partial charge in [-0.3, -0.25) is 4.90 Å². The molecule has 1 fully saturated rings. The van der Waals surface area contributed by atoms with Crippen LogP contribution in [0.4, 0.5) is 10.5 Å². The third-order valence-electron chi connectivity index (χ3n) is 4.10. The average Bonchev–Trinajstić information content (AvgIpc) is 2.95. The van der Waals surface area contributed by atoms with Gasteiger partial charge in [0.15, 0.2) is 0 Å². The Kier molecular flexibility index (Phi) is 7.11. The summed E-state index contributed by atoms with van der Waals surface area (Å²) in [6.07, 6.45) is 0.464. The average molecular weight is 442 g/mol. The number of rotatable bonds is 5. The van der Waals surface area contributed by atoms with Crippen LogP contribution in [0.3, 0.4) is 0 Å². The SMILES string of the molecule is CCOC(=O)c1cc(Br)c(CN2CCC(NC(=O)OC(C)(C)C)C2)cc1N. The van der Waals surface area contributed by atoms with Crippen LogP contribution < -0.4 is 11.1 Å². The predicted molar refractivity (Wildman–Crippen MR) is 108 cm³/mol. The summed E-state index contributed by atoms with van der Waals surface area (Å²) in [7, 11) is 0. The normalized spacial score (nSPS) is 17.6. The highest BCUT2D eigenvalue weighted by molar-refractivity contribution is 9.10. The number of alkyl carbamates (subject to hydrolysis) is 1. The Morgan fingerprint density at radius 1 is 1.37 bits per heavy atom. The maximum Gasteiger partial charge on any atom is 0.407 e. The molecule has 0 saturated carbocycles. The molecule has 7 nitrogen and oxygen atoms in total. The molecule has 150 valence electrons. The van der Waals surface area contributed by atoms with Crippen LogP contribution in [-0.4, -0.2) is 48.3 Å². The van der Waals surface area contributed by atoms with E-state index in [1.54, 1.807) is 19.1 Å². The molecule has 0 spiro atoms. The van der Waals surface area contributed by atoms with Crippen molar-refractivity contribution in [2.45, 2.75) is 52.3 Å². The Bertz CT molecular complexity index is 703. The summed E-state index contributed by atoms with van der Waals surface area (Å²) >= 11 is 3.52. The maximum atomic E-state index is 11.9. The third-order valence-corrected chi connectivity index (χ3v) is 4.84. The fraction of sp³-hybridized carbons (Fsp3) is 0.579. The topological polar surface area (TPSA) is 93.9 Å². The number of amides is 1. The zero-order valence-corrected chi connectivity index (χ0v) is 17.9. The lowest BCUT2D eigenvalue weighted by Gasteiger charge is -2.22. The summed E-state index contributed by atoms with van der Waals surface area (Å²) in [5.74, 6) is -0.426. The molecule has 1 unspecified atom stereocenters. The Morgan fingerprint density at radius 3 is 2.70 bits per heavy atom. The van der Waals surface area contributed by atoms with Crippen molar-refractivity contribution in [3.8, 4) is 0 Å². The fourth-order valence-corrected chi connectivity index (χ4v) is 3.42. The first-order valence-corrected chi connectivity index (χ1v) is 9.85. The number of hydrogen-bond acceptors (Lipinski definition) is 6. The molecule has 1 amide bonds. The van der Waals surface area contributed by atoms with Gasteiger partial charge in [-0.1, -0.05) is 15.9 Å². The number of nitrogens with one attached hydrogen (secondary N) is 1. The number of benzene rings is 1. The molecule has 1 aromatic carbocycles. The summed E-state index contributed by atoms with van der Waals surface area (Å²) in [5, 5.41) is 2.91. The largest absolute Gasteiger partial charge is 0.462 e. The van der Waals surface area contributed by atoms with Gasteiger partial charge in [-0.15, -0.1) is 0 Å². The number of nitrogens with zero attached hydrogens (tertiary/aromatic N) is 1. The fourth-order valence-electron chi connectivity index (χ4n) is 2.95. The lowest BCUT2D eigenvalue weighted by molar-refractivity contribution is 0.0501. The van der Waals surface area contributed by atoms with E-state index in [2.05, 4.69) is 26.1 Å². The molecule has 8 heteroatoms. The van der Waals surface area contributed by atoms with Crippen LogP contribution in [0, 0.1) is 0 Å². The highest BCUT2D eigenvalue weighted by Crippen LogP contribution is 2.27. The number of esters is 1. The van der Waals surface area contributed by atoms with Gasteiger partial charge in [0.1, 0.15) is 5.60 Å². The first-order chi connectivity index (χ1) is 12.6. The van der Waals surface area contributed by atoms with Crippen molar-refractivity contribution >= 4 is 33.7 Å². The van der Waals surface area contributed by atoms with Crippen molar-refractivity contribution < 1.29 is 19.1 Å². The number of likely N-dealkylation sites (tertiary alicyclic amines) is 1. The minimum atomic E-state index is -0.508. The van der Waals surface area contributed by atoms with E-state index in [1.807, 2.05) is 20.8 Å². The van der Waals surface area contributed by atoms with Crippen LogP contribution in [0.15, 0.2) is 16.6 Å². The second-order valence-corrected chi connectivity index (χ2v) is 8.47. The van der Waals surface area contributed by atoms with Crippen LogP contribution in [0.1, 0.15) is 50.0 Å². The molecule has 1 heterocycles. The van der Waals surface area contributed by atoms with E-state index in [4.69, 9.17) is 15.2 Å². The maximum absolute atomic E-state index is 11.9. The Morgan fingerprint density at radius 2 is 2.07 bits per heavy atom. The number of halogens is 1. The van der Waals surface area contributed by atoms with Crippen molar-refractivity contribution in [1.82, 2.24) is 10.2 Å². The first-order valence-electron chi connectivity index (χ1n) is 9.06. The van der Waals surface area contributed by atoms with Gasteiger partial charge >= 0.3 is 12.1 Å². The molecule has 0 aliphatic carbocycles. The summed E-state index contributed by atoms with van der Waals surface area (Å²) in [5.41, 5.74) is 7.27. The zero-order chi connectivity index (χ0) is 20.2. The Balaban J connectivity index is 1.95. The minimum Gasteiger partial charge on any atom is -0.462 e. The molecule has 1 atom stereocenters. The number of carbonyl (C=O) groups is 2. The number of hydrogen-bond donors (Lipinski definition) is 2. The van der Waals surface area contributed by atoms with E-state index >= 15 is 0 Å². The molecule has 0 radical (unpaired) electrons. The van der Waals surface area contributed by atoms with Crippen LogP contribution in [-0.2, 0) is 16.0 Å². The number of ether oxygens (including phenoxy) is 2. The van der Waals surface area contributed by atoms with Crippen molar-refractivity contribution in [3.63, 3.8) is 0 Å². The van der Waals surface area contributed by atoms with E-state index in [0.29, 0.717) is 24.4 Å². The molecule has 0 bridgehead atoms. The van der Waals surface area contributed by atoms with Crippen LogP contribution >= 0.6 is 15.9 Å². The Hall–Kier alpha value is -1.80. The molecule has 27 heavy (non-hydrogen) atoms. The van der Waals surface area contributed by atoms with Crippen LogP contribution in [0.5, 0.6) is 0 Å². The summed E-state index contributed by atoms with van der Waals surface area (Å²) in [6, 6.07) is 3.55. The van der Waals surface area contributed by atoms with Gasteiger partial charge in [0, 0.05) is 35.8 Å². The van der Waals surface area contributed by atoms with Crippen molar-refractivity contribution in [3.05, 3.63) is 27.7 Å². The second kappa shape index (κ2) is 8.93. The summed E-state index contributed by atoms with van der Waals surface area (Å²) in [4.78, 5) is 26.1. The van der Waals surface area contributed by atoms with Gasteiger partial charge in [-0.05, 0) is 51.8 Å². The van der Waals surface area contributed by atoms with E-state index < -0.39 is 17.7 Å². The lowest BCUT2D eigenvalue weighted by Crippen LogP contribution is -2.40. The van der Waals surface area contributed by atoms with Crippen molar-refractivity contribution in [2.24, 2.45) is 0 Å². The molecule has 1 aliphatic rings. The zero-order valence-electron chi connectivity index (χ0n) is 16.3. The second-order valence-electron chi connectivity index (χ2n) is 7.62. The number of nitrogens with two attached hydrogens (primary N) is 1. The molecular formula is C19H28BrN3O4. The van der Waals surface area contributed by atoms with E-state index in [9.17, 15) is 9.59 Å². The molecule has 1 aromatic rings. The van der Waals surface area contributed by atoms with Gasteiger partial charge in [0.2, 0.25) is 0 Å². The third kappa shape index (κ3) is 6.39. The standard InChI is InChI=1S/C19H28BrN3O4/c1-5-26-17(24)14-9-15(20)12(8-16(14)21)10-23-7-6-13(11-23)22-18(25)27-19(2,3)4/h8-9,13H,5-7,10-11,21H2,1-4H3,(H,22,25). The smallest absolute Gasteiger partial charge is 0.407 e. The van der Waals surface area contributed by atoms with Gasteiger partial charge in [-0.25, -0.2) is 9.59 Å². The highest BCUT2D eigenvalue weighted by Gasteiger charge is 2.26. The van der Waals surface area contributed by atoms with Gasteiger partial charge in [0.25, 0.3) is 0 Å². The highest BCUT2D eigenvalue weighted by atomic mass is 79.9. The molecule has 1 saturated heterocycles. The minimum absolute atomic E-state index is 0.0507. The summed E-state index contributed by atoms with van der Waals surface area (Å²) in [6.45, 7) is 9.84. The number of nitrogen functional groups attached to an aromatic ring is 1. The first kappa shape index (κ1) is 21.5. The molecule has 2 rings (SSSR count). The van der Waals surface area contributed by atoms with E-state index in [1.165, 1.54) is 0 Å². The summed E-state index contributed by atoms with van der Waals surface area (Å²) < 4.78 is 11.1. The van der Waals surface area contributed by atoms with E-state index in [0.717, 1.165) is 29.5 Å². The quantitative estimate of drug-likeness (QED) is 0.537. The van der Waals surface area contributed by atoms with Crippen LogP contribution in [0.25, 0.3) is 0 Å². The molecular weight excluding hydrogens is 414 g/mol. The van der Waals surface area contributed by atoms with Gasteiger partial charge in [0.05, 0.1) is 12.2 Å². The van der Waals surface area contributed by atoms with Crippen LogP contribution in [0.2, 0.25) is 0 Å². The van der Waals surface area contributed by atoms with Crippen molar-refractivity contribution in [1.29, 1.82) is 0 Å². The molecule has 0 aromatic heterocycles. The van der Waals surface area contributed by atoms with Gasteiger partial charge in [-0.2, -0.15) is 0 Å². The number of carbonyl (C=O) groups excluding carboxylic acids is 2. The van der Waals surface area contributed by atoms with Crippen molar-refractivity contribution in [2.75, 3.05) is 25.4 Å². The monoisotopic (exact) mass is 441 g/mol. The number of anilines is 1. The Labute approximate surface area is 168 Å². The van der Waals surface area contributed by atoms with Gasteiger partial charge < -0.3 is 20.5 Å². The molecule has 1 aliphatic heterocycles. The van der Waals surface area contributed by atoms with E-state index in [-0.39, 0.29) is 6.04 Å². The molecule has 3 N–H and O–H groups in total. The lowest BCUT2D eigenvalue weighted by atomic mass is 10.1.